The van der Waals surface area contributed by atoms with Gasteiger partial charge in [-0.2, -0.15) is 0 Å². The van der Waals surface area contributed by atoms with Gasteiger partial charge in [-0.05, 0) is 35.4 Å². The average molecular weight is 403 g/mol. The van der Waals surface area contributed by atoms with Gasteiger partial charge >= 0.3 is 0 Å². The van der Waals surface area contributed by atoms with E-state index in [4.69, 9.17) is 10.7 Å². The van der Waals surface area contributed by atoms with Crippen molar-refractivity contribution in [2.45, 2.75) is 6.17 Å². The van der Waals surface area contributed by atoms with Crippen LogP contribution in [0.2, 0.25) is 0 Å². The molecule has 0 aliphatic carbocycles. The molecule has 4 aromatic carbocycles. The molecule has 0 aliphatic heterocycles. The Labute approximate surface area is 181 Å². The fraction of sp³-hybridized carbons (Fsp3) is 0.0370. The number of benzene rings is 4. The van der Waals surface area contributed by atoms with Gasteiger partial charge in [0.25, 0.3) is 0 Å². The molecule has 0 aliphatic rings. The van der Waals surface area contributed by atoms with Gasteiger partial charge in [-0.1, -0.05) is 84.9 Å². The molecular weight excluding hydrogens is 380 g/mol. The summed E-state index contributed by atoms with van der Waals surface area (Å²) < 4.78 is 2.19. The second kappa shape index (κ2) is 8.38. The van der Waals surface area contributed by atoms with Crippen LogP contribution < -0.4 is 5.73 Å². The molecule has 0 spiro atoms. The van der Waals surface area contributed by atoms with Crippen molar-refractivity contribution in [3.05, 3.63) is 120 Å². The number of hydrogen-bond acceptors (Lipinski definition) is 3. The van der Waals surface area contributed by atoms with Gasteiger partial charge in [-0.3, -0.25) is 9.56 Å². The fourth-order valence-electron chi connectivity index (χ4n) is 3.68. The Morgan fingerprint density at radius 1 is 0.742 bits per heavy atom. The molecule has 5 aromatic rings. The lowest BCUT2D eigenvalue weighted by molar-refractivity contribution is 0.780. The second-order valence-electron chi connectivity index (χ2n) is 7.35. The van der Waals surface area contributed by atoms with Gasteiger partial charge in [0.05, 0.1) is 11.0 Å². The number of hydrogen-bond donors (Lipinski definition) is 1. The highest BCUT2D eigenvalue weighted by Crippen LogP contribution is 2.29. The van der Waals surface area contributed by atoms with Crippen molar-refractivity contribution in [3.8, 4) is 17.1 Å². The lowest BCUT2D eigenvalue weighted by Crippen LogP contribution is -2.07. The molecule has 0 fully saturated rings. The molecule has 4 nitrogen and oxygen atoms in total. The first kappa shape index (κ1) is 19.0. The van der Waals surface area contributed by atoms with Gasteiger partial charge in [0.1, 0.15) is 12.0 Å². The maximum atomic E-state index is 6.30. The summed E-state index contributed by atoms with van der Waals surface area (Å²) in [5, 5.41) is 0. The zero-order chi connectivity index (χ0) is 21.0. The van der Waals surface area contributed by atoms with Crippen LogP contribution in [0.4, 0.5) is 0 Å². The molecule has 4 heteroatoms. The summed E-state index contributed by atoms with van der Waals surface area (Å²) in [6.07, 6.45) is 1.40. The van der Waals surface area contributed by atoms with E-state index in [1.807, 2.05) is 85.1 Å². The number of aromatic nitrogens is 2. The summed E-state index contributed by atoms with van der Waals surface area (Å²) in [7, 11) is 0. The Bertz CT molecular complexity index is 1320. The minimum atomic E-state index is -0.415. The lowest BCUT2D eigenvalue weighted by Gasteiger charge is -2.11. The van der Waals surface area contributed by atoms with Crippen LogP contribution in [0.1, 0.15) is 17.3 Å². The van der Waals surface area contributed by atoms with Crippen molar-refractivity contribution in [1.29, 1.82) is 0 Å². The molecule has 5 rings (SSSR count). The van der Waals surface area contributed by atoms with Crippen molar-refractivity contribution < 1.29 is 0 Å². The molecule has 0 bridgehead atoms. The Kier molecular flexibility index (Phi) is 5.13. The Morgan fingerprint density at radius 3 is 2.13 bits per heavy atom. The zero-order valence-corrected chi connectivity index (χ0v) is 17.0. The van der Waals surface area contributed by atoms with E-state index in [1.54, 1.807) is 0 Å². The first-order valence-corrected chi connectivity index (χ1v) is 10.3. The second-order valence-corrected chi connectivity index (χ2v) is 7.35. The number of para-hydroxylation sites is 3. The molecule has 1 atom stereocenters. The first-order chi connectivity index (χ1) is 15.3. The van der Waals surface area contributed by atoms with Crippen LogP contribution >= 0.6 is 0 Å². The molecule has 2 N–H and O–H groups in total. The SMILES string of the molecule is NC(N=Cc1ccccc1)c1ccc(-c2nc3ccccc3n2-c2ccccc2)cc1. The van der Waals surface area contributed by atoms with Gasteiger partial charge in [0.15, 0.2) is 0 Å². The molecule has 31 heavy (non-hydrogen) atoms. The Balaban J connectivity index is 1.50. The van der Waals surface area contributed by atoms with Crippen LogP contribution in [0.15, 0.2) is 114 Å². The standard InChI is InChI=1S/C27H22N4/c28-26(29-19-20-9-3-1-4-10-20)21-15-17-22(18-16-21)27-30-24-13-7-8-14-25(24)31(27)23-11-5-2-6-12-23/h1-19,26H,28H2. The quantitative estimate of drug-likeness (QED) is 0.380. The normalized spacial score (nSPS) is 12.4. The molecule has 0 amide bonds. The van der Waals surface area contributed by atoms with E-state index in [0.29, 0.717) is 0 Å². The van der Waals surface area contributed by atoms with Gasteiger partial charge in [0.2, 0.25) is 0 Å². The van der Waals surface area contributed by atoms with Gasteiger partial charge < -0.3 is 5.73 Å². The number of aliphatic imine (C=N–C) groups is 1. The van der Waals surface area contributed by atoms with E-state index in [0.717, 1.165) is 39.2 Å². The van der Waals surface area contributed by atoms with Crippen LogP contribution in [-0.4, -0.2) is 15.8 Å². The first-order valence-electron chi connectivity index (χ1n) is 10.3. The summed E-state index contributed by atoms with van der Waals surface area (Å²) in [4.78, 5) is 9.41. The van der Waals surface area contributed by atoms with Crippen molar-refractivity contribution >= 4 is 17.2 Å². The molecular formula is C27H22N4. The highest BCUT2D eigenvalue weighted by Gasteiger charge is 2.14. The van der Waals surface area contributed by atoms with Crippen LogP contribution in [0.5, 0.6) is 0 Å². The van der Waals surface area contributed by atoms with Crippen LogP contribution in [-0.2, 0) is 0 Å². The zero-order valence-electron chi connectivity index (χ0n) is 17.0. The Hall–Kier alpha value is -4.02. The highest BCUT2D eigenvalue weighted by atomic mass is 15.1. The fourth-order valence-corrected chi connectivity index (χ4v) is 3.68. The predicted octanol–water partition coefficient (Wildman–Crippen LogP) is 5.77. The third-order valence-corrected chi connectivity index (χ3v) is 5.27. The molecule has 1 aromatic heterocycles. The molecule has 0 saturated heterocycles. The highest BCUT2D eigenvalue weighted by molar-refractivity contribution is 5.83. The van der Waals surface area contributed by atoms with Gasteiger partial charge in [-0.25, -0.2) is 4.98 Å². The molecule has 0 saturated carbocycles. The summed E-state index contributed by atoms with van der Waals surface area (Å²) in [6.45, 7) is 0. The maximum Gasteiger partial charge on any atom is 0.145 e. The third-order valence-electron chi connectivity index (χ3n) is 5.27. The van der Waals surface area contributed by atoms with E-state index in [2.05, 4.69) is 39.9 Å². The number of nitrogens with zero attached hydrogens (tertiary/aromatic N) is 3. The summed E-state index contributed by atoms with van der Waals surface area (Å²) in [5.74, 6) is 0.903. The number of fused-ring (bicyclic) bond motifs is 1. The van der Waals surface area contributed by atoms with Crippen molar-refractivity contribution in [1.82, 2.24) is 9.55 Å². The van der Waals surface area contributed by atoms with Crippen molar-refractivity contribution in [2.24, 2.45) is 10.7 Å². The molecule has 150 valence electrons. The predicted molar refractivity (Wildman–Crippen MR) is 127 cm³/mol. The van der Waals surface area contributed by atoms with E-state index in [1.165, 1.54) is 0 Å². The number of nitrogens with two attached hydrogens (primary N) is 1. The monoisotopic (exact) mass is 402 g/mol. The summed E-state index contributed by atoms with van der Waals surface area (Å²) in [6, 6.07) is 36.6. The van der Waals surface area contributed by atoms with E-state index in [-0.39, 0.29) is 0 Å². The molecule has 0 radical (unpaired) electrons. The number of rotatable bonds is 5. The number of imidazole rings is 1. The minimum absolute atomic E-state index is 0.415. The lowest BCUT2D eigenvalue weighted by atomic mass is 10.1. The van der Waals surface area contributed by atoms with Gasteiger partial charge in [-0.15, -0.1) is 0 Å². The summed E-state index contributed by atoms with van der Waals surface area (Å²) in [5.41, 5.74) is 12.4. The molecule has 1 heterocycles. The van der Waals surface area contributed by atoms with Crippen molar-refractivity contribution in [3.63, 3.8) is 0 Å². The third kappa shape index (κ3) is 3.89. The van der Waals surface area contributed by atoms with Crippen LogP contribution in [0.3, 0.4) is 0 Å². The van der Waals surface area contributed by atoms with E-state index < -0.39 is 6.17 Å². The van der Waals surface area contributed by atoms with E-state index in [9.17, 15) is 0 Å². The van der Waals surface area contributed by atoms with Crippen LogP contribution in [0, 0.1) is 0 Å². The maximum absolute atomic E-state index is 6.30. The van der Waals surface area contributed by atoms with Crippen molar-refractivity contribution in [2.75, 3.05) is 0 Å². The topological polar surface area (TPSA) is 56.2 Å². The van der Waals surface area contributed by atoms with Crippen LogP contribution in [0.25, 0.3) is 28.1 Å². The largest absolute Gasteiger partial charge is 0.306 e. The average Bonchev–Trinajstić information content (AvgIpc) is 3.23. The summed E-state index contributed by atoms with van der Waals surface area (Å²) >= 11 is 0. The Morgan fingerprint density at radius 2 is 1.39 bits per heavy atom. The minimum Gasteiger partial charge on any atom is -0.306 e. The molecule has 1 unspecified atom stereocenters. The van der Waals surface area contributed by atoms with Gasteiger partial charge in [0, 0.05) is 17.5 Å². The van der Waals surface area contributed by atoms with E-state index >= 15 is 0 Å². The smallest absolute Gasteiger partial charge is 0.145 e.